The van der Waals surface area contributed by atoms with Crippen LogP contribution in [0.5, 0.6) is 0 Å². The summed E-state index contributed by atoms with van der Waals surface area (Å²) in [7, 11) is 0. The van der Waals surface area contributed by atoms with E-state index < -0.39 is 0 Å². The first-order valence-electron chi connectivity index (χ1n) is 4.82. The Morgan fingerprint density at radius 1 is 1.46 bits per heavy atom. The molecule has 1 aliphatic rings. The highest BCUT2D eigenvalue weighted by Crippen LogP contribution is 2.20. The summed E-state index contributed by atoms with van der Waals surface area (Å²) >= 11 is 0. The van der Waals surface area contributed by atoms with Crippen LogP contribution in [0.3, 0.4) is 0 Å². The van der Waals surface area contributed by atoms with Gasteiger partial charge in [0.2, 0.25) is 5.91 Å². The van der Waals surface area contributed by atoms with Gasteiger partial charge >= 0.3 is 0 Å². The van der Waals surface area contributed by atoms with Gasteiger partial charge in [-0.15, -0.1) is 0 Å². The summed E-state index contributed by atoms with van der Waals surface area (Å²) in [6.45, 7) is 9.97. The van der Waals surface area contributed by atoms with E-state index >= 15 is 0 Å². The molecule has 13 heavy (non-hydrogen) atoms. The average Bonchev–Trinajstić information content (AvgIpc) is 2.02. The molecule has 1 amide bonds. The number of carbonyl (C=O) groups excluding carboxylic acids is 1. The fraction of sp³-hybridized carbons (Fsp3) is 0.900. The minimum absolute atomic E-state index is 0.223. The van der Waals surface area contributed by atoms with E-state index in [1.807, 2.05) is 32.6 Å². The summed E-state index contributed by atoms with van der Waals surface area (Å²) in [6, 6.07) is 0.223. The first-order valence-corrected chi connectivity index (χ1v) is 4.82. The molecule has 0 aromatic carbocycles. The first kappa shape index (κ1) is 10.5. The molecule has 0 unspecified atom stereocenters. The molecular formula is C10H19NO2. The van der Waals surface area contributed by atoms with E-state index in [4.69, 9.17) is 4.74 Å². The Kier molecular flexibility index (Phi) is 2.96. The second-order valence-corrected chi connectivity index (χ2v) is 4.67. The average molecular weight is 185 g/mol. The number of hydrogen-bond donors (Lipinski definition) is 0. The maximum Gasteiger partial charge on any atom is 0.228 e. The van der Waals surface area contributed by atoms with E-state index in [1.165, 1.54) is 0 Å². The van der Waals surface area contributed by atoms with Crippen molar-refractivity contribution >= 4 is 5.91 Å². The second kappa shape index (κ2) is 3.66. The monoisotopic (exact) mass is 185 g/mol. The zero-order valence-corrected chi connectivity index (χ0v) is 8.96. The lowest BCUT2D eigenvalue weighted by molar-refractivity contribution is -0.147. The molecule has 0 aromatic heterocycles. The van der Waals surface area contributed by atoms with Crippen LogP contribution in [-0.2, 0) is 9.53 Å². The minimum atomic E-state index is -0.272. The summed E-state index contributed by atoms with van der Waals surface area (Å²) < 4.78 is 5.28. The summed E-state index contributed by atoms with van der Waals surface area (Å²) in [5.41, 5.74) is -0.272. The van der Waals surface area contributed by atoms with Crippen molar-refractivity contribution in [3.05, 3.63) is 0 Å². The topological polar surface area (TPSA) is 29.5 Å². The number of carbonyl (C=O) groups is 1. The standard InChI is InChI=1S/C10H19NO2/c1-8-7-13-6-5-11(8)9(12)10(2,3)4/h8H,5-7H2,1-4H3/t8-/m0/s1. The first-order chi connectivity index (χ1) is 5.93. The molecule has 3 heteroatoms. The van der Waals surface area contributed by atoms with Crippen LogP contribution < -0.4 is 0 Å². The molecule has 0 aromatic rings. The van der Waals surface area contributed by atoms with Crippen molar-refractivity contribution in [2.75, 3.05) is 19.8 Å². The van der Waals surface area contributed by atoms with Gasteiger partial charge in [-0.3, -0.25) is 4.79 Å². The normalized spacial score (nSPS) is 24.6. The summed E-state index contributed by atoms with van der Waals surface area (Å²) in [5, 5.41) is 0. The van der Waals surface area contributed by atoms with E-state index in [2.05, 4.69) is 0 Å². The van der Waals surface area contributed by atoms with Crippen LogP contribution in [0, 0.1) is 5.41 Å². The highest BCUT2D eigenvalue weighted by atomic mass is 16.5. The maximum atomic E-state index is 11.9. The van der Waals surface area contributed by atoms with E-state index in [0.717, 1.165) is 6.54 Å². The van der Waals surface area contributed by atoms with Crippen molar-refractivity contribution in [3.8, 4) is 0 Å². The zero-order valence-electron chi connectivity index (χ0n) is 8.96. The molecule has 0 spiro atoms. The second-order valence-electron chi connectivity index (χ2n) is 4.67. The predicted octanol–water partition coefficient (Wildman–Crippen LogP) is 1.28. The van der Waals surface area contributed by atoms with Gasteiger partial charge in [-0.05, 0) is 6.92 Å². The molecule has 0 N–H and O–H groups in total. The molecule has 0 aliphatic carbocycles. The molecule has 1 heterocycles. The third-order valence-corrected chi connectivity index (χ3v) is 2.27. The number of morpholine rings is 1. The van der Waals surface area contributed by atoms with E-state index in [-0.39, 0.29) is 17.4 Å². The molecule has 1 aliphatic heterocycles. The Morgan fingerprint density at radius 2 is 2.08 bits per heavy atom. The van der Waals surface area contributed by atoms with Crippen LogP contribution in [0.15, 0.2) is 0 Å². The smallest absolute Gasteiger partial charge is 0.228 e. The molecule has 0 saturated carbocycles. The van der Waals surface area contributed by atoms with Crippen molar-refractivity contribution in [2.45, 2.75) is 33.7 Å². The third-order valence-electron chi connectivity index (χ3n) is 2.27. The molecule has 76 valence electrons. The van der Waals surface area contributed by atoms with Gasteiger partial charge in [0.1, 0.15) is 0 Å². The molecule has 1 fully saturated rings. The van der Waals surface area contributed by atoms with Gasteiger partial charge in [-0.25, -0.2) is 0 Å². The lowest BCUT2D eigenvalue weighted by Crippen LogP contribution is -2.50. The van der Waals surface area contributed by atoms with Gasteiger partial charge in [0.15, 0.2) is 0 Å². The summed E-state index contributed by atoms with van der Waals surface area (Å²) in [4.78, 5) is 13.8. The van der Waals surface area contributed by atoms with Crippen LogP contribution in [0.25, 0.3) is 0 Å². The van der Waals surface area contributed by atoms with Crippen molar-refractivity contribution < 1.29 is 9.53 Å². The maximum absolute atomic E-state index is 11.9. The minimum Gasteiger partial charge on any atom is -0.377 e. The third kappa shape index (κ3) is 2.44. The summed E-state index contributed by atoms with van der Waals surface area (Å²) in [6.07, 6.45) is 0. The van der Waals surface area contributed by atoms with Crippen molar-refractivity contribution in [1.82, 2.24) is 4.90 Å². The molecule has 0 bridgehead atoms. The predicted molar refractivity (Wildman–Crippen MR) is 51.4 cm³/mol. The molecular weight excluding hydrogens is 166 g/mol. The lowest BCUT2D eigenvalue weighted by atomic mass is 9.94. The van der Waals surface area contributed by atoms with Crippen molar-refractivity contribution in [1.29, 1.82) is 0 Å². The molecule has 1 atom stereocenters. The van der Waals surface area contributed by atoms with Gasteiger partial charge in [-0.1, -0.05) is 20.8 Å². The fourth-order valence-electron chi connectivity index (χ4n) is 1.46. The number of nitrogens with zero attached hydrogens (tertiary/aromatic N) is 1. The SMILES string of the molecule is C[C@H]1COCCN1C(=O)C(C)(C)C. The Hall–Kier alpha value is -0.570. The van der Waals surface area contributed by atoms with E-state index in [0.29, 0.717) is 13.2 Å². The largest absolute Gasteiger partial charge is 0.377 e. The summed E-state index contributed by atoms with van der Waals surface area (Å²) in [5.74, 6) is 0.225. The molecule has 1 rings (SSSR count). The van der Waals surface area contributed by atoms with Crippen LogP contribution >= 0.6 is 0 Å². The van der Waals surface area contributed by atoms with Gasteiger partial charge < -0.3 is 9.64 Å². The quantitative estimate of drug-likeness (QED) is 0.569. The highest BCUT2D eigenvalue weighted by Gasteiger charge is 2.31. The Labute approximate surface area is 80.1 Å². The Bertz CT molecular complexity index is 196. The zero-order chi connectivity index (χ0) is 10.1. The van der Waals surface area contributed by atoms with Crippen molar-refractivity contribution in [2.24, 2.45) is 5.41 Å². The van der Waals surface area contributed by atoms with Crippen LogP contribution in [0.4, 0.5) is 0 Å². The number of amides is 1. The van der Waals surface area contributed by atoms with Gasteiger partial charge in [-0.2, -0.15) is 0 Å². The number of hydrogen-bond acceptors (Lipinski definition) is 2. The van der Waals surface area contributed by atoms with E-state index in [9.17, 15) is 4.79 Å². The molecule has 1 saturated heterocycles. The van der Waals surface area contributed by atoms with Crippen LogP contribution in [0.2, 0.25) is 0 Å². The lowest BCUT2D eigenvalue weighted by Gasteiger charge is -2.37. The van der Waals surface area contributed by atoms with Gasteiger partial charge in [0, 0.05) is 12.0 Å². The fourth-order valence-corrected chi connectivity index (χ4v) is 1.46. The Morgan fingerprint density at radius 3 is 2.54 bits per heavy atom. The Balaban J connectivity index is 2.64. The number of ether oxygens (including phenoxy) is 1. The number of rotatable bonds is 0. The molecule has 0 radical (unpaired) electrons. The van der Waals surface area contributed by atoms with Gasteiger partial charge in [0.05, 0.1) is 19.3 Å². The molecule has 3 nitrogen and oxygen atoms in total. The van der Waals surface area contributed by atoms with Gasteiger partial charge in [0.25, 0.3) is 0 Å². The van der Waals surface area contributed by atoms with Crippen LogP contribution in [-0.4, -0.2) is 36.6 Å². The van der Waals surface area contributed by atoms with Crippen LogP contribution in [0.1, 0.15) is 27.7 Å². The highest BCUT2D eigenvalue weighted by molar-refractivity contribution is 5.81. The van der Waals surface area contributed by atoms with E-state index in [1.54, 1.807) is 0 Å². The van der Waals surface area contributed by atoms with Crippen molar-refractivity contribution in [3.63, 3.8) is 0 Å².